The van der Waals surface area contributed by atoms with Crippen molar-refractivity contribution in [2.24, 2.45) is 0 Å². The zero-order chi connectivity index (χ0) is 105. The Morgan fingerprint density at radius 1 is 0.381 bits per heavy atom. The van der Waals surface area contributed by atoms with Gasteiger partial charge in [-0.1, -0.05) is 165 Å². The van der Waals surface area contributed by atoms with E-state index in [1.54, 1.807) is 134 Å². The molecular formula is C114H140N18O14S. The summed E-state index contributed by atoms with van der Waals surface area (Å²) in [6, 6.07) is 57.8. The van der Waals surface area contributed by atoms with Crippen LogP contribution in [0.3, 0.4) is 0 Å². The molecule has 3 aliphatic rings. The maximum absolute atomic E-state index is 14.6. The Balaban J connectivity index is 0.000000185. The number of urea groups is 3. The summed E-state index contributed by atoms with van der Waals surface area (Å²) in [5.41, 5.74) is 15.2. The van der Waals surface area contributed by atoms with Crippen molar-refractivity contribution in [3.8, 4) is 28.6 Å². The predicted octanol–water partition coefficient (Wildman–Crippen LogP) is 19.9. The van der Waals surface area contributed by atoms with Gasteiger partial charge in [0, 0.05) is 98.7 Å². The number of aryl methyl sites for hydroxylation is 4. The zero-order valence-electron chi connectivity index (χ0n) is 86.6. The quantitative estimate of drug-likeness (QED) is 0.0173. The number of carbonyl (C=O) groups excluding carboxylic acids is 9. The van der Waals surface area contributed by atoms with Crippen molar-refractivity contribution in [3.05, 3.63) is 301 Å². The normalized spacial score (nSPS) is 14.1. The summed E-state index contributed by atoms with van der Waals surface area (Å²) < 4.78 is 15.5. The number of hydrogen-bond donors (Lipinski definition) is 9. The molecule has 12 amide bonds. The van der Waals surface area contributed by atoms with Crippen LogP contribution >= 0.6 is 11.3 Å². The summed E-state index contributed by atoms with van der Waals surface area (Å²) >= 11 is 1.40. The van der Waals surface area contributed by atoms with Crippen molar-refractivity contribution in [2.45, 2.75) is 216 Å². The van der Waals surface area contributed by atoms with Gasteiger partial charge in [-0.15, -0.1) is 11.3 Å². The highest BCUT2D eigenvalue weighted by Gasteiger charge is 2.38. The Kier molecular flexibility index (Phi) is 39.3. The molecule has 776 valence electrons. The number of fused-ring (bicyclic) bond motifs is 3. The molecule has 4 atom stereocenters. The van der Waals surface area contributed by atoms with Crippen LogP contribution in [0.4, 0.5) is 42.1 Å². The summed E-state index contributed by atoms with van der Waals surface area (Å²) in [6.45, 7) is 26.2. The molecule has 4 aromatic heterocycles. The Morgan fingerprint density at radius 3 is 1.05 bits per heavy atom. The van der Waals surface area contributed by atoms with E-state index in [1.807, 2.05) is 164 Å². The van der Waals surface area contributed by atoms with Crippen molar-refractivity contribution in [2.75, 3.05) is 99.9 Å². The van der Waals surface area contributed by atoms with Gasteiger partial charge in [0.15, 0.2) is 17.1 Å². The summed E-state index contributed by atoms with van der Waals surface area (Å²) in [5, 5.41) is 65.1. The van der Waals surface area contributed by atoms with Crippen LogP contribution in [0.5, 0.6) is 11.5 Å². The van der Waals surface area contributed by atoms with Gasteiger partial charge in [0.2, 0.25) is 0 Å². The van der Waals surface area contributed by atoms with Gasteiger partial charge in [-0.2, -0.15) is 15.3 Å². The fourth-order valence-electron chi connectivity index (χ4n) is 18.5. The van der Waals surface area contributed by atoms with E-state index in [4.69, 9.17) is 24.8 Å². The fourth-order valence-corrected chi connectivity index (χ4v) is 19.1. The topological polar surface area (TPSA) is 378 Å². The van der Waals surface area contributed by atoms with Crippen LogP contribution in [0, 0.1) is 27.7 Å². The molecule has 15 rings (SSSR count). The van der Waals surface area contributed by atoms with Crippen LogP contribution in [-0.4, -0.2) is 219 Å². The van der Waals surface area contributed by atoms with Gasteiger partial charge in [0.1, 0.15) is 11.5 Å². The second-order valence-electron chi connectivity index (χ2n) is 37.6. The van der Waals surface area contributed by atoms with Crippen molar-refractivity contribution in [3.63, 3.8) is 0 Å². The van der Waals surface area contributed by atoms with Gasteiger partial charge in [0.25, 0.3) is 35.4 Å². The van der Waals surface area contributed by atoms with Gasteiger partial charge in [0.05, 0.1) is 97.0 Å². The van der Waals surface area contributed by atoms with E-state index in [9.17, 15) is 58.5 Å². The maximum atomic E-state index is 14.6. The highest BCUT2D eigenvalue weighted by molar-refractivity contribution is 7.14. The van der Waals surface area contributed by atoms with E-state index in [0.29, 0.717) is 174 Å². The zero-order valence-corrected chi connectivity index (χ0v) is 87.5. The number of anilines is 5. The highest BCUT2D eigenvalue weighted by Crippen LogP contribution is 2.36. The first-order valence-electron chi connectivity index (χ1n) is 51.2. The third-order valence-electron chi connectivity index (χ3n) is 26.9. The number of thiophene rings is 1. The molecule has 7 heterocycles. The number of unbranched alkanes of at least 4 members (excludes halogenated alkanes) is 6. The lowest BCUT2D eigenvalue weighted by Gasteiger charge is -2.36. The van der Waals surface area contributed by atoms with E-state index in [2.05, 4.69) is 73.4 Å². The van der Waals surface area contributed by atoms with Crippen LogP contribution < -0.4 is 41.4 Å². The molecule has 3 aliphatic heterocycles. The van der Waals surface area contributed by atoms with Crippen LogP contribution in [-0.2, 0) is 38.9 Å². The van der Waals surface area contributed by atoms with Gasteiger partial charge in [-0.3, -0.25) is 34.1 Å². The second-order valence-corrected chi connectivity index (χ2v) is 38.5. The second kappa shape index (κ2) is 52.8. The molecule has 32 nitrogen and oxygen atoms in total. The van der Waals surface area contributed by atoms with Gasteiger partial charge < -0.3 is 80.8 Å². The number of carbonyl (C=O) groups is 9. The molecule has 0 spiro atoms. The number of aromatic nitrogens is 6. The number of methoxy groups -OCH3 is 2. The summed E-state index contributed by atoms with van der Waals surface area (Å²) in [4.78, 5) is 134. The van der Waals surface area contributed by atoms with Crippen molar-refractivity contribution in [1.82, 2.24) is 64.1 Å². The minimum atomic E-state index is -0.480. The molecular weight excluding hydrogens is 1880 g/mol. The van der Waals surface area contributed by atoms with Crippen molar-refractivity contribution in [1.29, 1.82) is 0 Å². The number of benzene rings is 8. The first-order chi connectivity index (χ1) is 71.1. The Labute approximate surface area is 865 Å². The summed E-state index contributed by atoms with van der Waals surface area (Å²) in [5.74, 6) is 0.0197. The molecule has 12 aromatic rings. The molecule has 8 aromatic carbocycles. The van der Waals surface area contributed by atoms with E-state index in [-0.39, 0.29) is 72.4 Å². The Hall–Kier alpha value is -14.8. The molecule has 147 heavy (non-hydrogen) atoms. The number of ether oxygens (including phenoxy) is 2. The van der Waals surface area contributed by atoms with Crippen molar-refractivity contribution >= 4 is 92.6 Å². The van der Waals surface area contributed by atoms with E-state index >= 15 is 0 Å². The smallest absolute Gasteiger partial charge is 0.324 e. The lowest BCUT2D eigenvalue weighted by atomic mass is 9.93. The highest BCUT2D eigenvalue weighted by atomic mass is 32.1. The molecule has 0 unspecified atom stereocenters. The molecule has 33 heteroatoms. The number of rotatable bonds is 39. The van der Waals surface area contributed by atoms with Gasteiger partial charge in [-0.25, -0.2) is 28.4 Å². The van der Waals surface area contributed by atoms with E-state index < -0.39 is 36.2 Å². The Bertz CT molecular complexity index is 6550. The van der Waals surface area contributed by atoms with Gasteiger partial charge in [-0.05, 0) is 258 Å². The number of hydrogen-bond acceptors (Lipinski definition) is 18. The fraction of sp³-hybridized carbons (Fsp3) is 0.386. The van der Waals surface area contributed by atoms with Crippen LogP contribution in [0.15, 0.2) is 206 Å². The maximum Gasteiger partial charge on any atom is 0.324 e. The standard InChI is InChI=1S/C40H50N6O5.C39H48N6O5.C35H42N6O4S/c1-6-8-19-44(20-9-7-2)39(49)36-21-27(3)46(43-36)37-18-17-32(42-40(50)41-28(4)29-15-12-16-34(23-29)51-5)24-35(37)38(48)45-25-31-14-11-10-13-30(31)22-33(45)26-47;1-6-8-18-43(19-9-7-2)38(48)35-21-27(4)45(42-35)36-17-14-30(40-39(49)41-34-16-15-32(50-5)20-26(34)3)23-33(36)37(47)44-24-29-13-11-10-12-28(29)22-31(44)25-46;1-4-6-16-39(17-7-5-2)34(44)30-19-24(3)41(38-30)31-15-14-27(36-35(45)37-32-13-10-18-46-32)21-29(31)33(43)40-22-26-12-9-8-11-25(26)20-28(40)23-42/h10-18,21,23-24,28,33,47H,6-9,19-20,22,25-26H2,1-5H3,(H2,41,42,50);10-17,20-21,23,31,46H,6-9,18-19,22,24-25H2,1-5H3,(H2,40,41,49);8-15,18-19,21,28,42H,4-7,16-17,20,22-23H2,1-3H3,(H2,36,37,45)/t28-,33+;31-;28-/m100/s1. The lowest BCUT2D eigenvalue weighted by Crippen LogP contribution is -2.46. The average molecular weight is 2020 g/mol. The first-order valence-corrected chi connectivity index (χ1v) is 52.1. The summed E-state index contributed by atoms with van der Waals surface area (Å²) in [6.07, 6.45) is 12.8. The monoisotopic (exact) mass is 2020 g/mol. The van der Waals surface area contributed by atoms with Crippen LogP contribution in [0.2, 0.25) is 0 Å². The van der Waals surface area contributed by atoms with Gasteiger partial charge >= 0.3 is 18.1 Å². The molecule has 9 N–H and O–H groups in total. The van der Waals surface area contributed by atoms with Crippen molar-refractivity contribution < 1.29 is 67.9 Å². The molecule has 0 aliphatic carbocycles. The Morgan fingerprint density at radius 2 is 0.721 bits per heavy atom. The SMILES string of the molecule is CCCCN(CCCC)C(=O)c1cc(C)n(-c2ccc(NC(=O)N[C@H](C)c3cccc(OC)c3)cc2C(=O)N2Cc3ccccc3C[C@H]2CO)n1.CCCCN(CCCC)C(=O)c1cc(C)n(-c2ccc(NC(=O)Nc3ccc(OC)cc3C)cc2C(=O)N2Cc3ccccc3C[C@H]2CO)n1.CCCCN(CCCC)C(=O)c1cc(C)n(-c2ccc(NC(=O)Nc3cccs3)cc2C(=O)N2Cc3ccccc3C[C@H]2CO)n1. The van der Waals surface area contributed by atoms with Crippen LogP contribution in [0.1, 0.15) is 256 Å². The molecule has 0 bridgehead atoms. The number of amides is 12. The predicted molar refractivity (Wildman–Crippen MR) is 576 cm³/mol. The number of nitrogens with zero attached hydrogens (tertiary/aromatic N) is 12. The number of aliphatic hydroxyl groups is 3. The third kappa shape index (κ3) is 27.7. The molecule has 0 saturated heterocycles. The minimum absolute atomic E-state index is 0.131. The lowest BCUT2D eigenvalue weighted by molar-refractivity contribution is 0.0539. The largest absolute Gasteiger partial charge is 0.497 e. The first kappa shape index (κ1) is 109. The third-order valence-corrected chi connectivity index (χ3v) is 27.7. The van der Waals surface area contributed by atoms with E-state index in [0.717, 1.165) is 122 Å². The van der Waals surface area contributed by atoms with E-state index in [1.165, 1.54) is 11.3 Å². The number of aliphatic hydroxyl groups excluding tert-OH is 3. The number of nitrogens with one attached hydrogen (secondary N) is 6. The minimum Gasteiger partial charge on any atom is -0.497 e. The molecule has 0 fully saturated rings. The van der Waals surface area contributed by atoms with Crippen LogP contribution in [0.25, 0.3) is 17.1 Å². The molecule has 0 saturated carbocycles. The molecule has 0 radical (unpaired) electrons. The average Bonchev–Trinajstić information content (AvgIpc) is 1.78. The summed E-state index contributed by atoms with van der Waals surface area (Å²) in [7, 11) is 3.18.